The minimum atomic E-state index is 0.371. The molecule has 0 amide bonds. The molecular formula is C11H13BrN2. The zero-order valence-corrected chi connectivity index (χ0v) is 9.52. The number of anilines is 1. The molecule has 1 fully saturated rings. The van der Waals surface area contributed by atoms with Crippen molar-refractivity contribution in [3.8, 4) is 0 Å². The monoisotopic (exact) mass is 252 g/mol. The van der Waals surface area contributed by atoms with Gasteiger partial charge in [0.1, 0.15) is 0 Å². The van der Waals surface area contributed by atoms with E-state index in [1.54, 1.807) is 0 Å². The highest BCUT2D eigenvalue weighted by Gasteiger charge is 2.40. The van der Waals surface area contributed by atoms with E-state index >= 15 is 0 Å². The first-order chi connectivity index (χ1) is 6.80. The van der Waals surface area contributed by atoms with Gasteiger partial charge in [-0.2, -0.15) is 0 Å². The van der Waals surface area contributed by atoms with Gasteiger partial charge in [0.25, 0.3) is 0 Å². The van der Waals surface area contributed by atoms with Crippen LogP contribution < -0.4 is 10.6 Å². The van der Waals surface area contributed by atoms with Crippen molar-refractivity contribution in [2.45, 2.75) is 11.8 Å². The Labute approximate surface area is 92.2 Å². The first kappa shape index (κ1) is 8.74. The van der Waals surface area contributed by atoms with Crippen molar-refractivity contribution < 1.29 is 0 Å². The van der Waals surface area contributed by atoms with Crippen LogP contribution in [0.25, 0.3) is 0 Å². The Kier molecular flexibility index (Phi) is 1.86. The average Bonchev–Trinajstić information content (AvgIpc) is 2.77. The summed E-state index contributed by atoms with van der Waals surface area (Å²) in [5.41, 5.74) is 3.17. The highest BCUT2D eigenvalue weighted by atomic mass is 79.9. The molecule has 2 aliphatic rings. The maximum Gasteiger partial charge on any atom is 0.0391 e. The fourth-order valence-electron chi connectivity index (χ4n) is 2.61. The Morgan fingerprint density at radius 1 is 1.29 bits per heavy atom. The number of hydrogen-bond donors (Lipinski definition) is 2. The first-order valence-electron chi connectivity index (χ1n) is 5.05. The Morgan fingerprint density at radius 3 is 3.00 bits per heavy atom. The van der Waals surface area contributed by atoms with E-state index in [-0.39, 0.29) is 0 Å². The molecular weight excluding hydrogens is 240 g/mol. The topological polar surface area (TPSA) is 24.1 Å². The predicted molar refractivity (Wildman–Crippen MR) is 61.8 cm³/mol. The summed E-state index contributed by atoms with van der Waals surface area (Å²) in [5, 5.41) is 6.96. The van der Waals surface area contributed by atoms with Gasteiger partial charge in [-0.05, 0) is 30.7 Å². The second-order valence-electron chi connectivity index (χ2n) is 4.25. The molecule has 1 spiro atoms. The van der Waals surface area contributed by atoms with Crippen LogP contribution in [0.1, 0.15) is 12.0 Å². The van der Waals surface area contributed by atoms with E-state index in [2.05, 4.69) is 44.8 Å². The molecule has 1 atom stereocenters. The molecule has 1 saturated heterocycles. The lowest BCUT2D eigenvalue weighted by Gasteiger charge is -2.21. The van der Waals surface area contributed by atoms with Gasteiger partial charge in [-0.25, -0.2) is 0 Å². The van der Waals surface area contributed by atoms with Gasteiger partial charge in [0.15, 0.2) is 0 Å². The third kappa shape index (κ3) is 1.12. The standard InChI is InChI=1S/C11H13BrN2/c12-8-1-2-9-10(5-8)14-7-11(9)3-4-13-6-11/h1-2,5,13-14H,3-4,6-7H2. The second kappa shape index (κ2) is 2.97. The van der Waals surface area contributed by atoms with Gasteiger partial charge < -0.3 is 10.6 Å². The lowest BCUT2D eigenvalue weighted by Crippen LogP contribution is -2.30. The number of hydrogen-bond acceptors (Lipinski definition) is 2. The Bertz CT molecular complexity index is 370. The van der Waals surface area contributed by atoms with E-state index in [9.17, 15) is 0 Å². The molecule has 1 aromatic carbocycles. The molecule has 2 aliphatic heterocycles. The summed E-state index contributed by atoms with van der Waals surface area (Å²) in [5.74, 6) is 0. The Morgan fingerprint density at radius 2 is 2.21 bits per heavy atom. The minimum absolute atomic E-state index is 0.371. The minimum Gasteiger partial charge on any atom is -0.384 e. The maximum atomic E-state index is 3.51. The molecule has 0 bridgehead atoms. The molecule has 3 rings (SSSR count). The normalized spacial score (nSPS) is 29.2. The lowest BCUT2D eigenvalue weighted by atomic mass is 9.82. The van der Waals surface area contributed by atoms with Gasteiger partial charge in [-0.15, -0.1) is 0 Å². The Balaban J connectivity index is 2.09. The van der Waals surface area contributed by atoms with Gasteiger partial charge in [-0.3, -0.25) is 0 Å². The smallest absolute Gasteiger partial charge is 0.0391 e. The summed E-state index contributed by atoms with van der Waals surface area (Å²) in [7, 11) is 0. The summed E-state index contributed by atoms with van der Waals surface area (Å²) in [4.78, 5) is 0. The molecule has 1 aromatic rings. The molecule has 3 heteroatoms. The number of rotatable bonds is 0. The third-order valence-electron chi connectivity index (χ3n) is 3.41. The summed E-state index contributed by atoms with van der Waals surface area (Å²) in [6, 6.07) is 6.58. The molecule has 74 valence electrons. The van der Waals surface area contributed by atoms with Crippen molar-refractivity contribution in [1.29, 1.82) is 0 Å². The van der Waals surface area contributed by atoms with Crippen molar-refractivity contribution >= 4 is 21.6 Å². The quantitative estimate of drug-likeness (QED) is 0.740. The highest BCUT2D eigenvalue weighted by molar-refractivity contribution is 9.10. The van der Waals surface area contributed by atoms with E-state index in [1.807, 2.05) is 0 Å². The highest BCUT2D eigenvalue weighted by Crippen LogP contribution is 2.41. The van der Waals surface area contributed by atoms with Gasteiger partial charge >= 0.3 is 0 Å². The zero-order valence-electron chi connectivity index (χ0n) is 7.94. The van der Waals surface area contributed by atoms with Crippen LogP contribution in [0.15, 0.2) is 22.7 Å². The fraction of sp³-hybridized carbons (Fsp3) is 0.455. The summed E-state index contributed by atoms with van der Waals surface area (Å²) in [6.07, 6.45) is 1.26. The SMILES string of the molecule is Brc1ccc2c(c1)NCC21CCNC1. The zero-order chi connectivity index (χ0) is 9.60. The number of benzene rings is 1. The van der Waals surface area contributed by atoms with Crippen molar-refractivity contribution in [2.75, 3.05) is 25.0 Å². The van der Waals surface area contributed by atoms with Crippen LogP contribution in [0.2, 0.25) is 0 Å². The van der Waals surface area contributed by atoms with Crippen LogP contribution in [0.4, 0.5) is 5.69 Å². The maximum absolute atomic E-state index is 3.51. The molecule has 0 radical (unpaired) electrons. The third-order valence-corrected chi connectivity index (χ3v) is 3.91. The summed E-state index contributed by atoms with van der Waals surface area (Å²) >= 11 is 3.51. The molecule has 2 heterocycles. The van der Waals surface area contributed by atoms with Gasteiger partial charge in [0, 0.05) is 28.7 Å². The molecule has 0 aliphatic carbocycles. The van der Waals surface area contributed by atoms with Crippen LogP contribution in [-0.2, 0) is 5.41 Å². The van der Waals surface area contributed by atoms with Crippen LogP contribution in [0.5, 0.6) is 0 Å². The van der Waals surface area contributed by atoms with Gasteiger partial charge in [-0.1, -0.05) is 22.0 Å². The van der Waals surface area contributed by atoms with Gasteiger partial charge in [0.05, 0.1) is 0 Å². The van der Waals surface area contributed by atoms with Crippen LogP contribution in [0, 0.1) is 0 Å². The van der Waals surface area contributed by atoms with Crippen molar-refractivity contribution in [3.05, 3.63) is 28.2 Å². The number of nitrogens with one attached hydrogen (secondary N) is 2. The largest absolute Gasteiger partial charge is 0.384 e. The first-order valence-corrected chi connectivity index (χ1v) is 5.84. The van der Waals surface area contributed by atoms with E-state index in [0.717, 1.165) is 24.1 Å². The fourth-order valence-corrected chi connectivity index (χ4v) is 2.97. The van der Waals surface area contributed by atoms with Crippen LogP contribution in [-0.4, -0.2) is 19.6 Å². The van der Waals surface area contributed by atoms with Gasteiger partial charge in [0.2, 0.25) is 0 Å². The molecule has 1 unspecified atom stereocenters. The van der Waals surface area contributed by atoms with E-state index in [4.69, 9.17) is 0 Å². The van der Waals surface area contributed by atoms with E-state index in [0.29, 0.717) is 5.41 Å². The summed E-state index contributed by atoms with van der Waals surface area (Å²) in [6.45, 7) is 3.36. The van der Waals surface area contributed by atoms with Crippen molar-refractivity contribution in [3.63, 3.8) is 0 Å². The lowest BCUT2D eigenvalue weighted by molar-refractivity contribution is 0.522. The summed E-state index contributed by atoms with van der Waals surface area (Å²) < 4.78 is 1.16. The molecule has 14 heavy (non-hydrogen) atoms. The molecule has 0 aromatic heterocycles. The number of halogens is 1. The van der Waals surface area contributed by atoms with Crippen LogP contribution in [0.3, 0.4) is 0 Å². The molecule has 0 saturated carbocycles. The van der Waals surface area contributed by atoms with E-state index < -0.39 is 0 Å². The van der Waals surface area contributed by atoms with E-state index in [1.165, 1.54) is 17.7 Å². The Hall–Kier alpha value is -0.540. The predicted octanol–water partition coefficient (Wildman–Crippen LogP) is 2.11. The average molecular weight is 253 g/mol. The second-order valence-corrected chi connectivity index (χ2v) is 5.17. The van der Waals surface area contributed by atoms with Crippen molar-refractivity contribution in [1.82, 2.24) is 5.32 Å². The molecule has 2 N–H and O–H groups in total. The molecule has 2 nitrogen and oxygen atoms in total. The van der Waals surface area contributed by atoms with Crippen LogP contribution >= 0.6 is 15.9 Å². The number of fused-ring (bicyclic) bond motifs is 2. The van der Waals surface area contributed by atoms with Crippen molar-refractivity contribution in [2.24, 2.45) is 0 Å².